The maximum absolute atomic E-state index is 12.6. The molecule has 7 nitrogen and oxygen atoms in total. The Morgan fingerprint density at radius 3 is 1.78 bits per heavy atom. The quantitative estimate of drug-likeness (QED) is 0.624. The molecule has 2 aromatic carbocycles. The maximum atomic E-state index is 12.6. The van der Waals surface area contributed by atoms with Crippen molar-refractivity contribution in [1.29, 1.82) is 0 Å². The van der Waals surface area contributed by atoms with Crippen molar-refractivity contribution in [2.75, 3.05) is 35.0 Å². The van der Waals surface area contributed by atoms with E-state index in [1.807, 2.05) is 0 Å². The van der Waals surface area contributed by atoms with E-state index in [1.165, 1.54) is 35.4 Å². The van der Waals surface area contributed by atoms with Crippen molar-refractivity contribution in [2.45, 2.75) is 6.92 Å². The Morgan fingerprint density at radius 1 is 0.741 bits per heavy atom. The third-order valence-electron chi connectivity index (χ3n) is 3.92. The van der Waals surface area contributed by atoms with E-state index in [2.05, 4.69) is 0 Å². The summed E-state index contributed by atoms with van der Waals surface area (Å²) in [6, 6.07) is 7.90. The van der Waals surface area contributed by atoms with Gasteiger partial charge < -0.3 is 23.7 Å². The molecule has 0 aliphatic heterocycles. The molecule has 0 spiro atoms. The lowest BCUT2D eigenvalue weighted by Gasteiger charge is -2.14. The lowest BCUT2D eigenvalue weighted by atomic mass is 10.1. The molecule has 2 aromatic rings. The number of rotatable bonds is 9. The Morgan fingerprint density at radius 2 is 1.30 bits per heavy atom. The first-order valence-corrected chi connectivity index (χ1v) is 8.10. The molecule has 2 rings (SSSR count). The molecule has 0 aliphatic carbocycles. The monoisotopic (exact) mass is 374 g/mol. The summed E-state index contributed by atoms with van der Waals surface area (Å²) in [6.07, 6.45) is 0. The number of hydrogen-bond donors (Lipinski definition) is 0. The highest BCUT2D eigenvalue weighted by molar-refractivity contribution is 5.98. The van der Waals surface area contributed by atoms with E-state index in [4.69, 9.17) is 23.7 Å². The lowest BCUT2D eigenvalue weighted by molar-refractivity contribution is 0.0917. The molecule has 0 heterocycles. The minimum atomic E-state index is -0.285. The van der Waals surface area contributed by atoms with Gasteiger partial charge in [-0.2, -0.15) is 0 Å². The number of carbonyl (C=O) groups is 2. The molecule has 0 atom stereocenters. The van der Waals surface area contributed by atoms with Crippen molar-refractivity contribution < 1.29 is 33.3 Å². The Hall–Kier alpha value is -3.22. The van der Waals surface area contributed by atoms with E-state index < -0.39 is 0 Å². The van der Waals surface area contributed by atoms with Gasteiger partial charge in [-0.25, -0.2) is 0 Å². The lowest BCUT2D eigenvalue weighted by Crippen LogP contribution is -2.13. The molecule has 0 saturated heterocycles. The molecular formula is C20H22O7. The van der Waals surface area contributed by atoms with Crippen molar-refractivity contribution in [3.63, 3.8) is 0 Å². The molecular weight excluding hydrogens is 352 g/mol. The number of carbonyl (C=O) groups excluding carboxylic acids is 2. The third kappa shape index (κ3) is 4.49. The molecule has 0 radical (unpaired) electrons. The van der Waals surface area contributed by atoms with Gasteiger partial charge >= 0.3 is 0 Å². The molecule has 0 saturated carbocycles. The number of benzene rings is 2. The predicted octanol–water partition coefficient (Wildman–Crippen LogP) is 3.19. The van der Waals surface area contributed by atoms with Gasteiger partial charge in [-0.3, -0.25) is 9.59 Å². The molecule has 0 aromatic heterocycles. The van der Waals surface area contributed by atoms with Crippen LogP contribution >= 0.6 is 0 Å². The SMILES string of the molecule is COc1cc(C(C)=O)ccc1OCC(=O)c1cc(OC)c(OC)c(OC)c1. The van der Waals surface area contributed by atoms with Crippen LogP contribution in [0, 0.1) is 0 Å². The van der Waals surface area contributed by atoms with Crippen LogP contribution in [0.1, 0.15) is 27.6 Å². The number of ketones is 2. The molecule has 7 heteroatoms. The Bertz CT molecular complexity index is 817. The molecule has 0 unspecified atom stereocenters. The van der Waals surface area contributed by atoms with Crippen LogP contribution in [-0.2, 0) is 0 Å². The Kier molecular flexibility index (Phi) is 6.65. The van der Waals surface area contributed by atoms with Crippen LogP contribution in [0.25, 0.3) is 0 Å². The second kappa shape index (κ2) is 8.93. The summed E-state index contributed by atoms with van der Waals surface area (Å²) in [6.45, 7) is 1.23. The fourth-order valence-corrected chi connectivity index (χ4v) is 2.47. The summed E-state index contributed by atoms with van der Waals surface area (Å²) in [5.74, 6) is 1.52. The Balaban J connectivity index is 2.22. The summed E-state index contributed by atoms with van der Waals surface area (Å²) in [5, 5.41) is 0. The standard InChI is InChI=1S/C20H22O7/c1-12(21)13-6-7-16(17(8-13)23-2)27-11-15(22)14-9-18(24-3)20(26-5)19(10-14)25-4/h6-10H,11H2,1-5H3. The first-order valence-electron chi connectivity index (χ1n) is 8.10. The van der Waals surface area contributed by atoms with E-state index in [0.29, 0.717) is 39.9 Å². The number of ether oxygens (including phenoxy) is 5. The zero-order valence-corrected chi connectivity index (χ0v) is 16.0. The zero-order chi connectivity index (χ0) is 20.0. The van der Waals surface area contributed by atoms with Gasteiger partial charge in [-0.1, -0.05) is 0 Å². The number of methoxy groups -OCH3 is 4. The van der Waals surface area contributed by atoms with Crippen molar-refractivity contribution in [1.82, 2.24) is 0 Å². The van der Waals surface area contributed by atoms with E-state index in [0.717, 1.165) is 0 Å². The summed E-state index contributed by atoms with van der Waals surface area (Å²) in [5.41, 5.74) is 0.846. The van der Waals surface area contributed by atoms with Crippen LogP contribution < -0.4 is 23.7 Å². The number of hydrogen-bond acceptors (Lipinski definition) is 7. The van der Waals surface area contributed by atoms with E-state index in [-0.39, 0.29) is 18.2 Å². The van der Waals surface area contributed by atoms with Crippen molar-refractivity contribution in [3.05, 3.63) is 41.5 Å². The molecule has 27 heavy (non-hydrogen) atoms. The number of Topliss-reactive ketones (excluding diaryl/α,β-unsaturated/α-hetero) is 2. The fourth-order valence-electron chi connectivity index (χ4n) is 2.47. The van der Waals surface area contributed by atoms with Gasteiger partial charge in [0.1, 0.15) is 0 Å². The summed E-state index contributed by atoms with van der Waals surface area (Å²) < 4.78 is 26.6. The van der Waals surface area contributed by atoms with Crippen LogP contribution in [-0.4, -0.2) is 46.6 Å². The average Bonchev–Trinajstić information content (AvgIpc) is 2.70. The van der Waals surface area contributed by atoms with Crippen LogP contribution in [0.4, 0.5) is 0 Å². The predicted molar refractivity (Wildman–Crippen MR) is 98.9 cm³/mol. The second-order valence-electron chi connectivity index (χ2n) is 5.55. The van der Waals surface area contributed by atoms with Crippen LogP contribution in [0.15, 0.2) is 30.3 Å². The summed E-state index contributed by atoms with van der Waals surface area (Å²) in [4.78, 5) is 24.0. The molecule has 144 valence electrons. The summed E-state index contributed by atoms with van der Waals surface area (Å²) >= 11 is 0. The van der Waals surface area contributed by atoms with Gasteiger partial charge in [-0.05, 0) is 37.3 Å². The van der Waals surface area contributed by atoms with Crippen molar-refractivity contribution in [3.8, 4) is 28.7 Å². The topological polar surface area (TPSA) is 80.3 Å². The van der Waals surface area contributed by atoms with E-state index in [9.17, 15) is 9.59 Å². The van der Waals surface area contributed by atoms with Gasteiger partial charge in [0.15, 0.2) is 41.2 Å². The fraction of sp³-hybridized carbons (Fsp3) is 0.300. The largest absolute Gasteiger partial charge is 0.493 e. The van der Waals surface area contributed by atoms with Gasteiger partial charge in [0.2, 0.25) is 5.75 Å². The van der Waals surface area contributed by atoms with Gasteiger partial charge in [0, 0.05) is 11.1 Å². The first kappa shape index (κ1) is 20.1. The van der Waals surface area contributed by atoms with Gasteiger partial charge in [0.05, 0.1) is 28.4 Å². The van der Waals surface area contributed by atoms with Crippen molar-refractivity contribution >= 4 is 11.6 Å². The van der Waals surface area contributed by atoms with Crippen LogP contribution in [0.5, 0.6) is 28.7 Å². The smallest absolute Gasteiger partial charge is 0.203 e. The average molecular weight is 374 g/mol. The van der Waals surface area contributed by atoms with Gasteiger partial charge in [0.25, 0.3) is 0 Å². The first-order chi connectivity index (χ1) is 12.9. The Labute approximate surface area is 157 Å². The van der Waals surface area contributed by atoms with Crippen molar-refractivity contribution in [2.24, 2.45) is 0 Å². The molecule has 0 N–H and O–H groups in total. The second-order valence-corrected chi connectivity index (χ2v) is 5.55. The van der Waals surface area contributed by atoms with Crippen LogP contribution in [0.3, 0.4) is 0 Å². The van der Waals surface area contributed by atoms with E-state index in [1.54, 1.807) is 30.3 Å². The molecule has 0 aliphatic rings. The minimum Gasteiger partial charge on any atom is -0.493 e. The third-order valence-corrected chi connectivity index (χ3v) is 3.92. The highest BCUT2D eigenvalue weighted by Crippen LogP contribution is 2.38. The minimum absolute atomic E-state index is 0.0895. The summed E-state index contributed by atoms with van der Waals surface area (Å²) in [7, 11) is 5.90. The highest BCUT2D eigenvalue weighted by atomic mass is 16.5. The zero-order valence-electron chi connectivity index (χ0n) is 16.0. The van der Waals surface area contributed by atoms with Crippen LogP contribution in [0.2, 0.25) is 0 Å². The maximum Gasteiger partial charge on any atom is 0.203 e. The molecule has 0 fully saturated rings. The molecule has 0 amide bonds. The molecule has 0 bridgehead atoms. The van der Waals surface area contributed by atoms with Gasteiger partial charge in [-0.15, -0.1) is 0 Å². The normalized spacial score (nSPS) is 10.1. The highest BCUT2D eigenvalue weighted by Gasteiger charge is 2.18. The van der Waals surface area contributed by atoms with E-state index >= 15 is 0 Å².